The summed E-state index contributed by atoms with van der Waals surface area (Å²) in [6.07, 6.45) is 8.08. The molecule has 0 aliphatic carbocycles. The Morgan fingerprint density at radius 1 is 1.34 bits per heavy atom. The van der Waals surface area contributed by atoms with Gasteiger partial charge in [-0.15, -0.1) is 0 Å². The molecule has 1 aromatic rings. The van der Waals surface area contributed by atoms with Crippen LogP contribution < -0.4 is 10.2 Å². The molecule has 166 valence electrons. The molecule has 1 fully saturated rings. The Morgan fingerprint density at radius 2 is 2.22 bits per heavy atom. The second-order valence-corrected chi connectivity index (χ2v) is 7.98. The lowest BCUT2D eigenvalue weighted by Gasteiger charge is -2.43. The van der Waals surface area contributed by atoms with Crippen LogP contribution in [0, 0.1) is 17.2 Å². The lowest BCUT2D eigenvalue weighted by molar-refractivity contribution is -0.161. The van der Waals surface area contributed by atoms with E-state index in [4.69, 9.17) is 4.74 Å². The summed E-state index contributed by atoms with van der Waals surface area (Å²) < 4.78 is 36.1. The van der Waals surface area contributed by atoms with E-state index in [1.165, 1.54) is 17.3 Å². The molecule has 32 heavy (non-hydrogen) atoms. The van der Waals surface area contributed by atoms with Crippen LogP contribution in [0.15, 0.2) is 41.2 Å². The van der Waals surface area contributed by atoms with E-state index in [1.54, 1.807) is 22.2 Å². The third-order valence-corrected chi connectivity index (χ3v) is 6.02. The lowest BCUT2D eigenvalue weighted by Crippen LogP contribution is -2.56. The molecule has 1 aromatic heterocycles. The summed E-state index contributed by atoms with van der Waals surface area (Å²) >= 11 is 0. The van der Waals surface area contributed by atoms with Gasteiger partial charge in [-0.1, -0.05) is 0 Å². The van der Waals surface area contributed by atoms with Crippen LogP contribution in [0.3, 0.4) is 0 Å². The summed E-state index contributed by atoms with van der Waals surface area (Å²) in [6.45, 7) is 0.719. The summed E-state index contributed by atoms with van der Waals surface area (Å²) in [6, 6.07) is 2.01. The zero-order valence-electron chi connectivity index (χ0n) is 17.2. The number of fused-ring (bicyclic) bond motifs is 2. The largest absolute Gasteiger partial charge is 0.490 e. The fraction of sp³-hybridized carbons (Fsp3) is 0.429. The van der Waals surface area contributed by atoms with Gasteiger partial charge in [0, 0.05) is 37.3 Å². The van der Waals surface area contributed by atoms with Gasteiger partial charge in [-0.3, -0.25) is 9.78 Å². The number of halogens is 2. The van der Waals surface area contributed by atoms with Crippen LogP contribution >= 0.6 is 0 Å². The van der Waals surface area contributed by atoms with E-state index < -0.39 is 24.3 Å². The average molecular weight is 441 g/mol. The number of pyridine rings is 1. The molecule has 1 N–H and O–H groups in total. The molecule has 1 amide bonds. The number of rotatable bonds is 2. The summed E-state index contributed by atoms with van der Waals surface area (Å²) in [7, 11) is 0. The maximum Gasteiger partial charge on any atom is 0.276 e. The molecule has 0 saturated carbocycles. The van der Waals surface area contributed by atoms with Crippen molar-refractivity contribution in [1.29, 1.82) is 5.26 Å². The van der Waals surface area contributed by atoms with E-state index in [0.29, 0.717) is 36.0 Å². The van der Waals surface area contributed by atoms with Crippen molar-refractivity contribution >= 4 is 12.1 Å². The van der Waals surface area contributed by atoms with Crippen LogP contribution in [0.4, 0.5) is 8.78 Å². The van der Waals surface area contributed by atoms with Gasteiger partial charge in [0.1, 0.15) is 41.5 Å². The van der Waals surface area contributed by atoms with Crippen LogP contribution in [0.25, 0.3) is 0 Å². The van der Waals surface area contributed by atoms with Crippen molar-refractivity contribution < 1.29 is 18.3 Å². The first-order valence-corrected chi connectivity index (χ1v) is 10.4. The smallest absolute Gasteiger partial charge is 0.276 e. The first-order valence-electron chi connectivity index (χ1n) is 10.4. The van der Waals surface area contributed by atoms with E-state index >= 15 is 8.78 Å². The van der Waals surface area contributed by atoms with Gasteiger partial charge in [0.25, 0.3) is 5.92 Å². The number of alkyl halides is 2. The third-order valence-electron chi connectivity index (χ3n) is 6.02. The molecule has 1 atom stereocenters. The quantitative estimate of drug-likeness (QED) is 0.737. The number of carbonyl (C=O) groups excluding carboxylic acids is 1. The number of carbonyl (C=O) groups is 1. The monoisotopic (exact) mass is 441 g/mol. The SMILES string of the molecule is N#Cc1cncc2c1OCCN(C(=O)C1CCN(C3=CC=NC4=CCNN43)CC1(F)F)C2. The fourth-order valence-electron chi connectivity index (χ4n) is 4.46. The summed E-state index contributed by atoms with van der Waals surface area (Å²) in [5, 5.41) is 10.9. The summed E-state index contributed by atoms with van der Waals surface area (Å²) in [5.74, 6) is -3.59. The number of nitrogens with zero attached hydrogens (tertiary/aromatic N) is 6. The van der Waals surface area contributed by atoms with Crippen molar-refractivity contribution in [2.75, 3.05) is 32.8 Å². The molecule has 9 nitrogen and oxygen atoms in total. The van der Waals surface area contributed by atoms with Gasteiger partial charge in [-0.05, 0) is 18.6 Å². The number of hydrogen-bond donors (Lipinski definition) is 1. The Labute approximate surface area is 183 Å². The zero-order chi connectivity index (χ0) is 22.3. The number of nitriles is 1. The number of nitrogens with one attached hydrogen (secondary N) is 1. The number of piperidine rings is 1. The van der Waals surface area contributed by atoms with E-state index in [0.717, 1.165) is 0 Å². The van der Waals surface area contributed by atoms with Gasteiger partial charge in [0.05, 0.1) is 19.6 Å². The number of likely N-dealkylation sites (tertiary alicyclic amines) is 1. The standard InChI is InChI=1S/C21H21F2N7O2/c22-21(23)13-29(18-2-4-26-17-1-5-27-30(17)18)6-3-16(21)20(31)28-7-8-32-19-14(9-24)10-25-11-15(19)12-28/h1-2,4,10-11,16,27H,3,5-8,12-13H2. The van der Waals surface area contributed by atoms with Crippen molar-refractivity contribution in [2.24, 2.45) is 10.9 Å². The van der Waals surface area contributed by atoms with Crippen LogP contribution in [-0.2, 0) is 11.3 Å². The van der Waals surface area contributed by atoms with Gasteiger partial charge < -0.3 is 14.5 Å². The molecule has 1 unspecified atom stereocenters. The third kappa shape index (κ3) is 3.46. The molecule has 11 heteroatoms. The minimum atomic E-state index is -3.21. The van der Waals surface area contributed by atoms with Gasteiger partial charge in [-0.2, -0.15) is 5.26 Å². The molecule has 4 aliphatic heterocycles. The number of hydrazine groups is 1. The number of amides is 1. The number of ether oxygens (including phenoxy) is 1. The molecule has 1 saturated heterocycles. The van der Waals surface area contributed by atoms with Gasteiger partial charge in [-0.25, -0.2) is 24.2 Å². The molecule has 5 heterocycles. The second kappa shape index (κ2) is 7.87. The highest BCUT2D eigenvalue weighted by molar-refractivity contribution is 5.80. The van der Waals surface area contributed by atoms with Gasteiger partial charge >= 0.3 is 0 Å². The average Bonchev–Trinajstić information content (AvgIpc) is 3.16. The van der Waals surface area contributed by atoms with E-state index in [2.05, 4.69) is 15.4 Å². The number of allylic oxidation sites excluding steroid dienone is 1. The fourth-order valence-corrected chi connectivity index (χ4v) is 4.46. The topological polar surface area (TPSA) is 97.1 Å². The summed E-state index contributed by atoms with van der Waals surface area (Å²) in [5.41, 5.74) is 3.91. The highest BCUT2D eigenvalue weighted by Crippen LogP contribution is 2.38. The van der Waals surface area contributed by atoms with Crippen LogP contribution in [-0.4, -0.2) is 70.6 Å². The number of aliphatic imine (C=N–C) groups is 1. The first-order chi connectivity index (χ1) is 15.5. The molecule has 0 aromatic carbocycles. The van der Waals surface area contributed by atoms with Crippen LogP contribution in [0.2, 0.25) is 0 Å². The summed E-state index contributed by atoms with van der Waals surface area (Å²) in [4.78, 5) is 24.4. The maximum atomic E-state index is 15.2. The van der Waals surface area contributed by atoms with Crippen LogP contribution in [0.5, 0.6) is 5.75 Å². The minimum Gasteiger partial charge on any atom is -0.490 e. The second-order valence-electron chi connectivity index (χ2n) is 7.98. The Morgan fingerprint density at radius 3 is 3.03 bits per heavy atom. The predicted molar refractivity (Wildman–Crippen MR) is 109 cm³/mol. The first kappa shape index (κ1) is 20.4. The van der Waals surface area contributed by atoms with Crippen molar-refractivity contribution in [3.8, 4) is 11.8 Å². The molecule has 0 radical (unpaired) electrons. The molecule has 0 spiro atoms. The van der Waals surface area contributed by atoms with E-state index in [-0.39, 0.29) is 31.7 Å². The molecule has 4 aliphatic rings. The predicted octanol–water partition coefficient (Wildman–Crippen LogP) is 1.22. The molecule has 0 bridgehead atoms. The van der Waals surface area contributed by atoms with Crippen molar-refractivity contribution in [1.82, 2.24) is 25.2 Å². The number of aromatic nitrogens is 1. The molecular weight excluding hydrogens is 420 g/mol. The van der Waals surface area contributed by atoms with Crippen molar-refractivity contribution in [2.45, 2.75) is 18.9 Å². The normalized spacial score (nSPS) is 23.9. The van der Waals surface area contributed by atoms with E-state index in [1.807, 2.05) is 12.1 Å². The van der Waals surface area contributed by atoms with Gasteiger partial charge in [0.15, 0.2) is 0 Å². The highest BCUT2D eigenvalue weighted by atomic mass is 19.3. The number of hydrogen-bond acceptors (Lipinski definition) is 8. The van der Waals surface area contributed by atoms with Gasteiger partial charge in [0.2, 0.25) is 5.91 Å². The molecule has 5 rings (SSSR count). The lowest BCUT2D eigenvalue weighted by atomic mass is 9.91. The van der Waals surface area contributed by atoms with Crippen molar-refractivity contribution in [3.05, 3.63) is 47.3 Å². The highest BCUT2D eigenvalue weighted by Gasteiger charge is 2.51. The van der Waals surface area contributed by atoms with Crippen LogP contribution in [0.1, 0.15) is 17.5 Å². The Balaban J connectivity index is 1.32. The molecular formula is C21H21F2N7O2. The maximum absolute atomic E-state index is 15.2. The Hall–Kier alpha value is -3.52. The minimum absolute atomic E-state index is 0.0217. The van der Waals surface area contributed by atoms with Crippen molar-refractivity contribution in [3.63, 3.8) is 0 Å². The zero-order valence-corrected chi connectivity index (χ0v) is 17.2. The Kier molecular flexibility index (Phi) is 5.01. The Bertz CT molecular complexity index is 1080. The van der Waals surface area contributed by atoms with E-state index in [9.17, 15) is 10.1 Å².